The lowest BCUT2D eigenvalue weighted by Gasteiger charge is -2.01. The normalized spacial score (nSPS) is 9.92. The number of carbonyl (C=O) groups is 1. The van der Waals surface area contributed by atoms with Crippen LogP contribution in [0.15, 0.2) is 54.6 Å². The average Bonchev–Trinajstić information content (AvgIpc) is 3.17. The van der Waals surface area contributed by atoms with Gasteiger partial charge < -0.3 is 10.1 Å². The topological polar surface area (TPSA) is 67.0 Å². The van der Waals surface area contributed by atoms with Crippen molar-refractivity contribution in [2.45, 2.75) is 0 Å². The Morgan fingerprint density at radius 1 is 1.23 bits per heavy atom. The van der Waals surface area contributed by atoms with Crippen LogP contribution in [0.1, 0.15) is 16.1 Å². The van der Waals surface area contributed by atoms with Gasteiger partial charge in [0, 0.05) is 5.56 Å². The van der Waals surface area contributed by atoms with Crippen LogP contribution in [0.4, 0.5) is 4.39 Å². The van der Waals surface area contributed by atoms with Crippen LogP contribution in [0.25, 0.3) is 11.3 Å². The molecule has 0 radical (unpaired) electrons. The highest BCUT2D eigenvalue weighted by Crippen LogP contribution is 2.22. The monoisotopic (exact) mass is 349 g/mol. The second-order valence-electron chi connectivity index (χ2n) is 5.36. The van der Waals surface area contributed by atoms with Crippen LogP contribution < -0.4 is 10.1 Å². The number of aromatic amines is 1. The number of nitrogens with zero attached hydrogens (tertiary/aromatic N) is 1. The zero-order valence-corrected chi connectivity index (χ0v) is 14.0. The van der Waals surface area contributed by atoms with E-state index in [4.69, 9.17) is 4.74 Å². The molecule has 0 saturated carbocycles. The molecule has 3 rings (SSSR count). The maximum atomic E-state index is 13.4. The first kappa shape index (κ1) is 17.2. The molecule has 130 valence electrons. The minimum Gasteiger partial charge on any atom is -0.497 e. The molecule has 0 aliphatic rings. The summed E-state index contributed by atoms with van der Waals surface area (Å²) in [6.45, 7) is 0.0979. The average molecular weight is 349 g/mol. The second-order valence-corrected chi connectivity index (χ2v) is 5.36. The molecule has 0 fully saturated rings. The number of aromatic nitrogens is 2. The van der Waals surface area contributed by atoms with Crippen molar-refractivity contribution >= 4 is 5.91 Å². The van der Waals surface area contributed by atoms with Crippen molar-refractivity contribution in [2.24, 2.45) is 0 Å². The third-order valence-corrected chi connectivity index (χ3v) is 3.62. The summed E-state index contributed by atoms with van der Waals surface area (Å²) < 4.78 is 18.6. The summed E-state index contributed by atoms with van der Waals surface area (Å²) in [5, 5.41) is 9.49. The maximum absolute atomic E-state index is 13.4. The van der Waals surface area contributed by atoms with E-state index in [9.17, 15) is 9.18 Å². The summed E-state index contributed by atoms with van der Waals surface area (Å²) in [5.41, 5.74) is 2.07. The molecule has 3 aromatic rings. The quantitative estimate of drug-likeness (QED) is 0.712. The molecular formula is C20H16FN3O2. The first-order valence-corrected chi connectivity index (χ1v) is 7.89. The van der Waals surface area contributed by atoms with E-state index in [1.165, 1.54) is 6.07 Å². The van der Waals surface area contributed by atoms with Crippen LogP contribution in [0.5, 0.6) is 5.75 Å². The SMILES string of the molecule is COc1cccc(-c2cc(C(=O)NCC#Cc3ccccc3F)[nH]n2)c1. The van der Waals surface area contributed by atoms with E-state index in [0.29, 0.717) is 22.7 Å². The van der Waals surface area contributed by atoms with Gasteiger partial charge in [0.15, 0.2) is 0 Å². The molecule has 2 N–H and O–H groups in total. The van der Waals surface area contributed by atoms with Crippen LogP contribution >= 0.6 is 0 Å². The highest BCUT2D eigenvalue weighted by Gasteiger charge is 2.10. The third kappa shape index (κ3) is 4.08. The van der Waals surface area contributed by atoms with Gasteiger partial charge in [-0.1, -0.05) is 36.1 Å². The predicted octanol–water partition coefficient (Wildman–Crippen LogP) is 3.01. The van der Waals surface area contributed by atoms with Gasteiger partial charge in [0.1, 0.15) is 17.3 Å². The van der Waals surface area contributed by atoms with Gasteiger partial charge in [-0.05, 0) is 30.3 Å². The lowest BCUT2D eigenvalue weighted by Crippen LogP contribution is -2.23. The number of hydrogen-bond acceptors (Lipinski definition) is 3. The van der Waals surface area contributed by atoms with Crippen molar-refractivity contribution in [3.63, 3.8) is 0 Å². The largest absolute Gasteiger partial charge is 0.497 e. The summed E-state index contributed by atoms with van der Waals surface area (Å²) in [6.07, 6.45) is 0. The Labute approximate surface area is 150 Å². The van der Waals surface area contributed by atoms with E-state index >= 15 is 0 Å². The molecule has 26 heavy (non-hydrogen) atoms. The molecule has 1 heterocycles. The Morgan fingerprint density at radius 3 is 2.88 bits per heavy atom. The Kier molecular flexibility index (Phi) is 5.30. The Hall–Kier alpha value is -3.59. The Balaban J connectivity index is 1.63. The molecule has 0 aliphatic heterocycles. The number of nitrogens with one attached hydrogen (secondary N) is 2. The van der Waals surface area contributed by atoms with Crippen LogP contribution in [-0.4, -0.2) is 29.8 Å². The molecule has 6 heteroatoms. The van der Waals surface area contributed by atoms with Gasteiger partial charge in [0.2, 0.25) is 0 Å². The molecule has 1 amide bonds. The van der Waals surface area contributed by atoms with Crippen LogP contribution in [0.2, 0.25) is 0 Å². The highest BCUT2D eigenvalue weighted by molar-refractivity contribution is 5.93. The van der Waals surface area contributed by atoms with Gasteiger partial charge in [-0.2, -0.15) is 5.10 Å². The molecule has 0 spiro atoms. The Bertz CT molecular complexity index is 986. The van der Waals surface area contributed by atoms with E-state index in [-0.39, 0.29) is 18.3 Å². The van der Waals surface area contributed by atoms with Gasteiger partial charge >= 0.3 is 0 Å². The number of methoxy groups -OCH3 is 1. The molecule has 0 aliphatic carbocycles. The van der Waals surface area contributed by atoms with Gasteiger partial charge in [-0.15, -0.1) is 0 Å². The number of amides is 1. The first-order chi connectivity index (χ1) is 12.7. The van der Waals surface area contributed by atoms with E-state index < -0.39 is 0 Å². The standard InChI is InChI=1S/C20H16FN3O2/c1-26-16-9-4-7-15(12-16)18-13-19(24-23-18)20(25)22-11-5-8-14-6-2-3-10-17(14)21/h2-4,6-7,9-10,12-13H,11H2,1H3,(H,22,25)(H,23,24). The van der Waals surface area contributed by atoms with Crippen molar-refractivity contribution in [3.05, 3.63) is 71.7 Å². The third-order valence-electron chi connectivity index (χ3n) is 3.62. The fourth-order valence-corrected chi connectivity index (χ4v) is 2.29. The van der Waals surface area contributed by atoms with Gasteiger partial charge in [-0.25, -0.2) is 4.39 Å². The summed E-state index contributed by atoms with van der Waals surface area (Å²) in [6, 6.07) is 15.3. The Morgan fingerprint density at radius 2 is 2.08 bits per heavy atom. The van der Waals surface area contributed by atoms with E-state index in [0.717, 1.165) is 5.56 Å². The summed E-state index contributed by atoms with van der Waals surface area (Å²) in [7, 11) is 1.59. The minimum atomic E-state index is -0.386. The summed E-state index contributed by atoms with van der Waals surface area (Å²) in [5.74, 6) is 5.39. The van der Waals surface area contributed by atoms with Crippen molar-refractivity contribution < 1.29 is 13.9 Å². The fraction of sp³-hybridized carbons (Fsp3) is 0.100. The van der Waals surface area contributed by atoms with E-state index in [1.54, 1.807) is 31.4 Å². The minimum absolute atomic E-state index is 0.0979. The maximum Gasteiger partial charge on any atom is 0.270 e. The second kappa shape index (κ2) is 7.99. The number of H-pyrrole nitrogens is 1. The molecule has 0 bridgehead atoms. The number of ether oxygens (including phenoxy) is 1. The lowest BCUT2D eigenvalue weighted by molar-refractivity contribution is 0.0953. The fourth-order valence-electron chi connectivity index (χ4n) is 2.29. The van der Waals surface area contributed by atoms with Crippen molar-refractivity contribution in [2.75, 3.05) is 13.7 Å². The van der Waals surface area contributed by atoms with Crippen LogP contribution in [0, 0.1) is 17.7 Å². The van der Waals surface area contributed by atoms with Gasteiger partial charge in [-0.3, -0.25) is 9.89 Å². The zero-order valence-electron chi connectivity index (χ0n) is 14.0. The van der Waals surface area contributed by atoms with Gasteiger partial charge in [0.25, 0.3) is 5.91 Å². The van der Waals surface area contributed by atoms with E-state index in [1.807, 2.05) is 24.3 Å². The molecular weight excluding hydrogens is 333 g/mol. The number of rotatable bonds is 4. The van der Waals surface area contributed by atoms with Crippen molar-refractivity contribution in [1.82, 2.24) is 15.5 Å². The van der Waals surface area contributed by atoms with Crippen molar-refractivity contribution in [1.29, 1.82) is 0 Å². The lowest BCUT2D eigenvalue weighted by atomic mass is 10.1. The highest BCUT2D eigenvalue weighted by atomic mass is 19.1. The molecule has 1 aromatic heterocycles. The zero-order chi connectivity index (χ0) is 18.4. The van der Waals surface area contributed by atoms with Crippen LogP contribution in [-0.2, 0) is 0 Å². The van der Waals surface area contributed by atoms with Gasteiger partial charge in [0.05, 0.1) is 24.9 Å². The van der Waals surface area contributed by atoms with E-state index in [2.05, 4.69) is 27.4 Å². The summed E-state index contributed by atoms with van der Waals surface area (Å²) >= 11 is 0. The number of halogens is 1. The summed E-state index contributed by atoms with van der Waals surface area (Å²) in [4.78, 5) is 12.1. The molecule has 0 unspecified atom stereocenters. The number of benzene rings is 2. The smallest absolute Gasteiger partial charge is 0.270 e. The molecule has 0 saturated heterocycles. The molecule has 5 nitrogen and oxygen atoms in total. The predicted molar refractivity (Wildman–Crippen MR) is 96.2 cm³/mol. The number of carbonyl (C=O) groups excluding carboxylic acids is 1. The first-order valence-electron chi connectivity index (χ1n) is 7.89. The molecule has 2 aromatic carbocycles. The van der Waals surface area contributed by atoms with Crippen molar-refractivity contribution in [3.8, 4) is 28.8 Å². The number of hydrogen-bond donors (Lipinski definition) is 2. The van der Waals surface area contributed by atoms with Crippen LogP contribution in [0.3, 0.4) is 0 Å². The molecule has 0 atom stereocenters.